The molecule has 0 aromatic heterocycles. The summed E-state index contributed by atoms with van der Waals surface area (Å²) < 4.78 is 49.4. The molecule has 0 aliphatic heterocycles. The van der Waals surface area contributed by atoms with Crippen LogP contribution in [-0.4, -0.2) is 0 Å². The lowest BCUT2D eigenvalue weighted by Crippen LogP contribution is -2.08. The Morgan fingerprint density at radius 1 is 1.29 bits per heavy atom. The summed E-state index contributed by atoms with van der Waals surface area (Å²) in [7, 11) is 0. The third-order valence-electron chi connectivity index (χ3n) is 1.65. The molecule has 0 unspecified atom stereocenters. The number of halogens is 5. The number of benzene rings is 1. The third kappa shape index (κ3) is 2.16. The predicted octanol–water partition coefficient (Wildman–Crippen LogP) is 2.96. The molecule has 1 nitrogen and oxygen atoms in total. The summed E-state index contributed by atoms with van der Waals surface area (Å²) in [5.74, 6) is -1.11. The Morgan fingerprint density at radius 2 is 1.86 bits per heavy atom. The van der Waals surface area contributed by atoms with E-state index in [1.165, 1.54) is 0 Å². The minimum atomic E-state index is -4.59. The minimum Gasteiger partial charge on any atom is -0.326 e. The van der Waals surface area contributed by atoms with E-state index in [0.717, 1.165) is 6.07 Å². The summed E-state index contributed by atoms with van der Waals surface area (Å²) in [4.78, 5) is 0. The number of hydrogen-bond acceptors (Lipinski definition) is 1. The lowest BCUT2D eigenvalue weighted by Gasteiger charge is -2.10. The summed E-state index contributed by atoms with van der Waals surface area (Å²) in [6.07, 6.45) is -4.59. The Morgan fingerprint density at radius 3 is 2.29 bits per heavy atom. The van der Waals surface area contributed by atoms with Gasteiger partial charge in [0.15, 0.2) is 0 Å². The number of hydrogen-bond donors (Lipinski definition) is 1. The smallest absolute Gasteiger partial charge is 0.326 e. The molecule has 0 spiro atoms. The van der Waals surface area contributed by atoms with E-state index in [4.69, 9.17) is 17.3 Å². The highest BCUT2D eigenvalue weighted by Crippen LogP contribution is 2.33. The zero-order valence-electron chi connectivity index (χ0n) is 6.83. The Labute approximate surface area is 82.5 Å². The van der Waals surface area contributed by atoms with Gasteiger partial charge in [0, 0.05) is 6.54 Å². The van der Waals surface area contributed by atoms with E-state index >= 15 is 0 Å². The highest BCUT2D eigenvalue weighted by molar-refractivity contribution is 6.31. The van der Waals surface area contributed by atoms with Crippen LogP contribution in [0.5, 0.6) is 0 Å². The van der Waals surface area contributed by atoms with Crippen LogP contribution in [0.4, 0.5) is 17.6 Å². The van der Waals surface area contributed by atoms with E-state index in [1.54, 1.807) is 0 Å². The van der Waals surface area contributed by atoms with Gasteiger partial charge in [-0.05, 0) is 17.7 Å². The Hall–Kier alpha value is -0.810. The second kappa shape index (κ2) is 3.74. The first-order chi connectivity index (χ1) is 6.36. The van der Waals surface area contributed by atoms with Gasteiger partial charge in [0.1, 0.15) is 5.82 Å². The van der Waals surface area contributed by atoms with Gasteiger partial charge in [-0.25, -0.2) is 4.39 Å². The van der Waals surface area contributed by atoms with Crippen molar-refractivity contribution in [1.82, 2.24) is 0 Å². The van der Waals surface area contributed by atoms with E-state index in [0.29, 0.717) is 6.07 Å². The molecule has 0 radical (unpaired) electrons. The summed E-state index contributed by atoms with van der Waals surface area (Å²) in [5, 5.41) is -0.361. The fourth-order valence-corrected chi connectivity index (χ4v) is 1.14. The van der Waals surface area contributed by atoms with Crippen molar-refractivity contribution in [2.45, 2.75) is 12.7 Å². The van der Waals surface area contributed by atoms with E-state index < -0.39 is 17.6 Å². The molecule has 14 heavy (non-hydrogen) atoms. The summed E-state index contributed by atoms with van der Waals surface area (Å²) in [6.45, 7) is -0.236. The molecule has 78 valence electrons. The third-order valence-corrected chi connectivity index (χ3v) is 2.07. The molecule has 0 amide bonds. The van der Waals surface area contributed by atoms with Gasteiger partial charge in [0.05, 0.1) is 10.6 Å². The van der Waals surface area contributed by atoms with Crippen molar-refractivity contribution < 1.29 is 17.6 Å². The maximum atomic E-state index is 12.9. The van der Waals surface area contributed by atoms with E-state index in [-0.39, 0.29) is 17.1 Å². The highest BCUT2D eigenvalue weighted by atomic mass is 35.5. The normalized spacial score (nSPS) is 11.9. The number of alkyl halides is 3. The zero-order chi connectivity index (χ0) is 10.9. The molecular formula is C8H6ClF4N. The predicted molar refractivity (Wildman–Crippen MR) is 44.3 cm³/mol. The fraction of sp³-hybridized carbons (Fsp3) is 0.250. The number of rotatable bonds is 1. The van der Waals surface area contributed by atoms with Crippen LogP contribution >= 0.6 is 11.6 Å². The summed E-state index contributed by atoms with van der Waals surface area (Å²) >= 11 is 5.39. The summed E-state index contributed by atoms with van der Waals surface area (Å²) in [5.41, 5.74) is 3.97. The number of nitrogens with two attached hydrogens (primary N) is 1. The highest BCUT2D eigenvalue weighted by Gasteiger charge is 2.32. The summed E-state index contributed by atoms with van der Waals surface area (Å²) in [6, 6.07) is 1.09. The van der Waals surface area contributed by atoms with Crippen molar-refractivity contribution in [3.63, 3.8) is 0 Å². The molecule has 1 aromatic carbocycles. The first-order valence-electron chi connectivity index (χ1n) is 3.61. The van der Waals surface area contributed by atoms with Crippen LogP contribution in [-0.2, 0) is 12.7 Å². The fourth-order valence-electron chi connectivity index (χ4n) is 0.958. The van der Waals surface area contributed by atoms with Crippen molar-refractivity contribution in [3.8, 4) is 0 Å². The van der Waals surface area contributed by atoms with E-state index in [2.05, 4.69) is 0 Å². The largest absolute Gasteiger partial charge is 0.416 e. The molecule has 0 bridgehead atoms. The van der Waals surface area contributed by atoms with Gasteiger partial charge in [-0.2, -0.15) is 13.2 Å². The van der Waals surface area contributed by atoms with E-state index in [9.17, 15) is 17.6 Å². The SMILES string of the molecule is NCc1cc(C(F)(F)F)cc(F)c1Cl. The molecule has 1 aromatic rings. The standard InChI is InChI=1S/C8H6ClF4N/c9-7-4(3-14)1-5(2-6(7)10)8(11,12)13/h1-2H,3,14H2. The van der Waals surface area contributed by atoms with Gasteiger partial charge >= 0.3 is 6.18 Å². The first kappa shape index (κ1) is 11.3. The van der Waals surface area contributed by atoms with Crippen LogP contribution in [0.15, 0.2) is 12.1 Å². The molecule has 0 aliphatic rings. The Bertz CT molecular complexity index is 348. The van der Waals surface area contributed by atoms with Crippen molar-refractivity contribution >= 4 is 11.6 Å². The van der Waals surface area contributed by atoms with Gasteiger partial charge in [-0.15, -0.1) is 0 Å². The monoisotopic (exact) mass is 227 g/mol. The molecule has 1 rings (SSSR count). The molecule has 0 saturated heterocycles. The van der Waals surface area contributed by atoms with E-state index in [1.807, 2.05) is 0 Å². The lowest BCUT2D eigenvalue weighted by molar-refractivity contribution is -0.137. The van der Waals surface area contributed by atoms with Crippen molar-refractivity contribution in [2.75, 3.05) is 0 Å². The van der Waals surface area contributed by atoms with Crippen molar-refractivity contribution in [2.24, 2.45) is 5.73 Å². The maximum absolute atomic E-state index is 12.9. The maximum Gasteiger partial charge on any atom is 0.416 e. The van der Waals surface area contributed by atoms with Gasteiger partial charge in [0.2, 0.25) is 0 Å². The minimum absolute atomic E-state index is 0.0565. The molecule has 2 N–H and O–H groups in total. The van der Waals surface area contributed by atoms with Crippen LogP contribution in [0.2, 0.25) is 5.02 Å². The van der Waals surface area contributed by atoms with Crippen molar-refractivity contribution in [1.29, 1.82) is 0 Å². The van der Waals surface area contributed by atoms with Crippen LogP contribution in [0.25, 0.3) is 0 Å². The molecule has 6 heteroatoms. The van der Waals surface area contributed by atoms with Crippen LogP contribution in [0.1, 0.15) is 11.1 Å². The average molecular weight is 228 g/mol. The molecular weight excluding hydrogens is 222 g/mol. The van der Waals surface area contributed by atoms with Gasteiger partial charge < -0.3 is 5.73 Å². The Kier molecular flexibility index (Phi) is 3.01. The lowest BCUT2D eigenvalue weighted by atomic mass is 10.1. The Balaban J connectivity index is 3.30. The van der Waals surface area contributed by atoms with Crippen molar-refractivity contribution in [3.05, 3.63) is 34.1 Å². The van der Waals surface area contributed by atoms with Gasteiger partial charge in [-0.1, -0.05) is 11.6 Å². The van der Waals surface area contributed by atoms with Crippen LogP contribution < -0.4 is 5.73 Å². The topological polar surface area (TPSA) is 26.0 Å². The second-order valence-corrected chi connectivity index (χ2v) is 3.01. The average Bonchev–Trinajstić information content (AvgIpc) is 2.07. The molecule has 0 atom stereocenters. The quantitative estimate of drug-likeness (QED) is 0.734. The van der Waals surface area contributed by atoms with Gasteiger partial charge in [-0.3, -0.25) is 0 Å². The molecule has 0 heterocycles. The van der Waals surface area contributed by atoms with Crippen LogP contribution in [0.3, 0.4) is 0 Å². The van der Waals surface area contributed by atoms with Gasteiger partial charge in [0.25, 0.3) is 0 Å². The zero-order valence-corrected chi connectivity index (χ0v) is 7.58. The second-order valence-electron chi connectivity index (χ2n) is 2.63. The first-order valence-corrected chi connectivity index (χ1v) is 3.99. The molecule has 0 saturated carbocycles. The molecule has 0 aliphatic carbocycles. The van der Waals surface area contributed by atoms with Crippen LogP contribution in [0, 0.1) is 5.82 Å². The molecule has 0 fully saturated rings.